The summed E-state index contributed by atoms with van der Waals surface area (Å²) in [5.74, 6) is 0. The molecular weight excluding hydrogens is 284 g/mol. The Balaban J connectivity index is 2.34. The Morgan fingerprint density at radius 2 is 1.70 bits per heavy atom. The van der Waals surface area contributed by atoms with E-state index in [1.807, 2.05) is 27.7 Å². The monoisotopic (exact) mass is 302 g/mol. The first-order valence-corrected chi connectivity index (χ1v) is 6.92. The van der Waals surface area contributed by atoms with Crippen LogP contribution in [0.25, 0.3) is 0 Å². The molecule has 110 valence electrons. The van der Waals surface area contributed by atoms with E-state index in [-0.39, 0.29) is 6.42 Å². The van der Waals surface area contributed by atoms with Gasteiger partial charge in [-0.05, 0) is 50.9 Å². The molecule has 0 amide bonds. The molecule has 1 heterocycles. The molecule has 0 aromatic heterocycles. The van der Waals surface area contributed by atoms with Crippen LogP contribution in [0.4, 0.5) is 8.78 Å². The molecule has 1 aromatic carbocycles. The fourth-order valence-corrected chi connectivity index (χ4v) is 2.31. The van der Waals surface area contributed by atoms with Crippen molar-refractivity contribution in [1.82, 2.24) is 0 Å². The van der Waals surface area contributed by atoms with Crippen LogP contribution in [0.5, 0.6) is 0 Å². The summed E-state index contributed by atoms with van der Waals surface area (Å²) in [6.07, 6.45) is -2.80. The molecule has 1 aromatic rings. The van der Waals surface area contributed by atoms with Gasteiger partial charge in [0.15, 0.2) is 0 Å². The van der Waals surface area contributed by atoms with Crippen molar-refractivity contribution in [3.05, 3.63) is 28.8 Å². The molecule has 0 radical (unpaired) electrons. The van der Waals surface area contributed by atoms with E-state index in [0.717, 1.165) is 0 Å². The lowest BCUT2D eigenvalue weighted by molar-refractivity contribution is 0.00578. The lowest BCUT2D eigenvalue weighted by Gasteiger charge is -2.32. The Morgan fingerprint density at radius 3 is 2.20 bits per heavy atom. The van der Waals surface area contributed by atoms with Gasteiger partial charge in [-0.2, -0.15) is 0 Å². The molecule has 0 atom stereocenters. The van der Waals surface area contributed by atoms with Crippen LogP contribution >= 0.6 is 11.6 Å². The highest BCUT2D eigenvalue weighted by atomic mass is 35.5. The molecule has 0 spiro atoms. The zero-order valence-corrected chi connectivity index (χ0v) is 12.8. The Labute approximate surface area is 123 Å². The summed E-state index contributed by atoms with van der Waals surface area (Å²) >= 11 is 5.89. The van der Waals surface area contributed by atoms with Crippen molar-refractivity contribution >= 4 is 24.2 Å². The van der Waals surface area contributed by atoms with E-state index in [0.29, 0.717) is 16.0 Å². The first-order chi connectivity index (χ1) is 9.12. The topological polar surface area (TPSA) is 18.5 Å². The molecule has 1 fully saturated rings. The van der Waals surface area contributed by atoms with Gasteiger partial charge in [-0.1, -0.05) is 17.7 Å². The normalized spacial score (nSPS) is 20.7. The largest absolute Gasteiger partial charge is 0.495 e. The average molecular weight is 303 g/mol. The van der Waals surface area contributed by atoms with Crippen molar-refractivity contribution in [1.29, 1.82) is 0 Å². The summed E-state index contributed by atoms with van der Waals surface area (Å²) < 4.78 is 37.2. The summed E-state index contributed by atoms with van der Waals surface area (Å²) in [7, 11) is -0.647. The lowest BCUT2D eigenvalue weighted by Crippen LogP contribution is -2.41. The van der Waals surface area contributed by atoms with Gasteiger partial charge in [-0.3, -0.25) is 0 Å². The van der Waals surface area contributed by atoms with Crippen LogP contribution in [0, 0.1) is 0 Å². The minimum absolute atomic E-state index is 0.361. The molecule has 20 heavy (non-hydrogen) atoms. The van der Waals surface area contributed by atoms with Crippen LogP contribution in [0.3, 0.4) is 0 Å². The number of rotatable bonds is 3. The summed E-state index contributed by atoms with van der Waals surface area (Å²) in [6.45, 7) is 7.71. The Kier molecular flexibility index (Phi) is 4.16. The average Bonchev–Trinajstić information content (AvgIpc) is 2.46. The van der Waals surface area contributed by atoms with Crippen LogP contribution in [0.15, 0.2) is 18.2 Å². The Hall–Kier alpha value is -0.645. The first kappa shape index (κ1) is 15.7. The molecule has 1 aliphatic rings. The van der Waals surface area contributed by atoms with E-state index >= 15 is 0 Å². The van der Waals surface area contributed by atoms with Crippen molar-refractivity contribution < 1.29 is 18.1 Å². The third-order valence-electron chi connectivity index (χ3n) is 3.99. The molecule has 0 bridgehead atoms. The first-order valence-electron chi connectivity index (χ1n) is 6.54. The molecule has 1 saturated heterocycles. The smallest absolute Gasteiger partial charge is 0.399 e. The van der Waals surface area contributed by atoms with Gasteiger partial charge in [0.25, 0.3) is 0 Å². The van der Waals surface area contributed by atoms with Gasteiger partial charge < -0.3 is 9.31 Å². The van der Waals surface area contributed by atoms with E-state index in [4.69, 9.17) is 20.9 Å². The van der Waals surface area contributed by atoms with E-state index in [9.17, 15) is 8.78 Å². The second-order valence-electron chi connectivity index (χ2n) is 6.03. The fourth-order valence-electron chi connectivity index (χ4n) is 2.12. The van der Waals surface area contributed by atoms with Gasteiger partial charge in [0.05, 0.1) is 11.2 Å². The van der Waals surface area contributed by atoms with Gasteiger partial charge >= 0.3 is 7.12 Å². The number of alkyl halides is 2. The number of hydrogen-bond acceptors (Lipinski definition) is 2. The molecule has 0 saturated carbocycles. The third kappa shape index (κ3) is 3.00. The molecule has 6 heteroatoms. The van der Waals surface area contributed by atoms with Gasteiger partial charge in [0, 0.05) is 11.4 Å². The van der Waals surface area contributed by atoms with E-state index in [2.05, 4.69) is 0 Å². The molecule has 2 nitrogen and oxygen atoms in total. The van der Waals surface area contributed by atoms with Gasteiger partial charge in [-0.15, -0.1) is 0 Å². The van der Waals surface area contributed by atoms with Gasteiger partial charge in [-0.25, -0.2) is 8.78 Å². The summed E-state index contributed by atoms with van der Waals surface area (Å²) in [4.78, 5) is 0. The van der Waals surface area contributed by atoms with E-state index in [1.54, 1.807) is 18.2 Å². The number of hydrogen-bond donors (Lipinski definition) is 0. The SMILES string of the molecule is CC1(C)OB(c2ccc(Cl)cc2CC(F)F)OC1(C)C. The van der Waals surface area contributed by atoms with Crippen LogP contribution in [0.2, 0.25) is 5.02 Å². The molecule has 1 aliphatic heterocycles. The number of halogens is 3. The summed E-state index contributed by atoms with van der Waals surface area (Å²) in [5, 5.41) is 0.431. The molecule has 2 rings (SSSR count). The minimum atomic E-state index is -2.44. The Morgan fingerprint density at radius 1 is 1.15 bits per heavy atom. The van der Waals surface area contributed by atoms with Gasteiger partial charge in [0.2, 0.25) is 6.43 Å². The highest BCUT2D eigenvalue weighted by Crippen LogP contribution is 2.36. The summed E-state index contributed by atoms with van der Waals surface area (Å²) in [5.41, 5.74) is 0.0815. The third-order valence-corrected chi connectivity index (χ3v) is 4.22. The zero-order valence-electron chi connectivity index (χ0n) is 12.0. The number of benzene rings is 1. The highest BCUT2D eigenvalue weighted by molar-refractivity contribution is 6.62. The maximum atomic E-state index is 12.7. The van der Waals surface area contributed by atoms with Crippen molar-refractivity contribution in [2.75, 3.05) is 0 Å². The summed E-state index contributed by atoms with van der Waals surface area (Å²) in [6, 6.07) is 4.91. The van der Waals surface area contributed by atoms with Crippen molar-refractivity contribution in [3.8, 4) is 0 Å². The second kappa shape index (κ2) is 5.28. The zero-order chi connectivity index (χ0) is 15.1. The highest BCUT2D eigenvalue weighted by Gasteiger charge is 2.52. The van der Waals surface area contributed by atoms with Crippen LogP contribution < -0.4 is 5.46 Å². The molecule has 0 unspecified atom stereocenters. The molecular formula is C14H18BClF2O2. The predicted molar refractivity (Wildman–Crippen MR) is 76.9 cm³/mol. The van der Waals surface area contributed by atoms with E-state index in [1.165, 1.54) is 0 Å². The van der Waals surface area contributed by atoms with Crippen molar-refractivity contribution in [3.63, 3.8) is 0 Å². The van der Waals surface area contributed by atoms with E-state index < -0.39 is 24.7 Å². The molecule has 0 N–H and O–H groups in total. The fraction of sp³-hybridized carbons (Fsp3) is 0.571. The van der Waals surface area contributed by atoms with Crippen LogP contribution in [-0.2, 0) is 15.7 Å². The minimum Gasteiger partial charge on any atom is -0.399 e. The lowest BCUT2D eigenvalue weighted by atomic mass is 9.75. The predicted octanol–water partition coefficient (Wildman–Crippen LogP) is 3.45. The maximum absolute atomic E-state index is 12.7. The van der Waals surface area contributed by atoms with Crippen LogP contribution in [-0.4, -0.2) is 24.7 Å². The van der Waals surface area contributed by atoms with Crippen molar-refractivity contribution in [2.24, 2.45) is 0 Å². The molecule has 0 aliphatic carbocycles. The standard InChI is InChI=1S/C14H18BClF2O2/c1-13(2)14(3,4)20-15(19-13)11-6-5-10(16)7-9(11)8-12(17)18/h5-7,12H,8H2,1-4H3. The second-order valence-corrected chi connectivity index (χ2v) is 6.46. The maximum Gasteiger partial charge on any atom is 0.495 e. The van der Waals surface area contributed by atoms with Crippen LogP contribution in [0.1, 0.15) is 33.3 Å². The van der Waals surface area contributed by atoms with Gasteiger partial charge in [0.1, 0.15) is 0 Å². The quantitative estimate of drug-likeness (QED) is 0.796. The van der Waals surface area contributed by atoms with Crippen molar-refractivity contribution in [2.45, 2.75) is 51.7 Å². The Bertz CT molecular complexity index is 490.